The van der Waals surface area contributed by atoms with Gasteiger partial charge < -0.3 is 0 Å². The molecule has 10 aromatic rings. The number of hydrogen-bond donors (Lipinski definition) is 0. The molecule has 0 unspecified atom stereocenters. The molecule has 10 aromatic carbocycles. The van der Waals surface area contributed by atoms with E-state index in [1.54, 1.807) is 22.3 Å². The molecule has 0 bridgehead atoms. The van der Waals surface area contributed by atoms with Gasteiger partial charge in [0, 0.05) is 0 Å². The minimum absolute atomic E-state index is 0.557. The second-order valence-corrected chi connectivity index (χ2v) is 27.2. The summed E-state index contributed by atoms with van der Waals surface area (Å²) in [5.41, 5.74) is 25.5. The Morgan fingerprint density at radius 3 is 1.15 bits per heavy atom. The first-order chi connectivity index (χ1) is 39.8. The van der Waals surface area contributed by atoms with Crippen LogP contribution < -0.4 is 0 Å². The van der Waals surface area contributed by atoms with Crippen molar-refractivity contribution in [3.8, 4) is 55.6 Å². The van der Waals surface area contributed by atoms with Crippen LogP contribution in [-0.4, -0.2) is 0 Å². The molecule has 0 aliphatic heterocycles. The zero-order valence-corrected chi connectivity index (χ0v) is 47.5. The smallest absolute Gasteiger partial charge is 0.0619 e. The maximum absolute atomic E-state index is 2.62. The molecule has 0 heteroatoms. The van der Waals surface area contributed by atoms with Gasteiger partial charge in [-0.1, -0.05) is 221 Å². The van der Waals surface area contributed by atoms with Crippen LogP contribution in [0, 0.1) is 34.5 Å². The van der Waals surface area contributed by atoms with Gasteiger partial charge in [0.25, 0.3) is 0 Å². The van der Waals surface area contributed by atoms with Crippen LogP contribution in [-0.2, 0) is 18.3 Å². The number of aryl methyl sites for hydroxylation is 2. The first-order valence-corrected chi connectivity index (χ1v) is 31.6. The fourth-order valence-electron chi connectivity index (χ4n) is 20.0. The molecule has 81 heavy (non-hydrogen) atoms. The zero-order chi connectivity index (χ0) is 53.6. The van der Waals surface area contributed by atoms with Gasteiger partial charge in [-0.2, -0.15) is 0 Å². The Morgan fingerprint density at radius 1 is 0.321 bits per heavy atom. The molecule has 4 fully saturated rings. The summed E-state index contributed by atoms with van der Waals surface area (Å²) in [5, 5.41) is 5.26. The molecule has 0 spiro atoms. The molecule has 8 atom stereocenters. The highest BCUT2D eigenvalue weighted by molar-refractivity contribution is 6.06. The lowest BCUT2D eigenvalue weighted by Crippen LogP contribution is -2.39. The molecule has 0 nitrogen and oxygen atoms in total. The van der Waals surface area contributed by atoms with Gasteiger partial charge in [0.1, 0.15) is 0 Å². The Balaban J connectivity index is 0.754. The van der Waals surface area contributed by atoms with E-state index in [0.29, 0.717) is 10.8 Å². The Hall–Kier alpha value is -7.28. The number of hydrogen-bond acceptors (Lipinski definition) is 0. The summed E-state index contributed by atoms with van der Waals surface area (Å²) in [7, 11) is 0. The fraction of sp³-hybridized carbons (Fsp3) is 0.309. The van der Waals surface area contributed by atoms with Gasteiger partial charge in [0.05, 0.1) is 5.41 Å². The summed E-state index contributed by atoms with van der Waals surface area (Å²) >= 11 is 0. The molecule has 17 rings (SSSR count). The third kappa shape index (κ3) is 7.20. The lowest BCUT2D eigenvalue weighted by atomic mass is 9.56. The predicted molar refractivity (Wildman–Crippen MR) is 339 cm³/mol. The number of fused-ring (bicyclic) bond motifs is 15. The fourth-order valence-corrected chi connectivity index (χ4v) is 20.0. The van der Waals surface area contributed by atoms with E-state index < -0.39 is 5.41 Å². The third-order valence-corrected chi connectivity index (χ3v) is 23.7. The van der Waals surface area contributed by atoms with Gasteiger partial charge in [-0.05, 0) is 257 Å². The van der Waals surface area contributed by atoms with Crippen molar-refractivity contribution in [1.29, 1.82) is 0 Å². The maximum atomic E-state index is 2.62. The molecule has 0 saturated heterocycles. The quantitative estimate of drug-likeness (QED) is 0.156. The van der Waals surface area contributed by atoms with E-state index in [9.17, 15) is 0 Å². The van der Waals surface area contributed by atoms with Gasteiger partial charge in [-0.15, -0.1) is 0 Å². The van der Waals surface area contributed by atoms with Crippen molar-refractivity contribution >= 4 is 21.5 Å². The van der Waals surface area contributed by atoms with E-state index in [1.807, 2.05) is 0 Å². The van der Waals surface area contributed by atoms with Crippen LogP contribution in [0.1, 0.15) is 147 Å². The Kier molecular flexibility index (Phi) is 11.0. The number of rotatable bonds is 6. The monoisotopic (exact) mass is 1050 g/mol. The van der Waals surface area contributed by atoms with E-state index in [2.05, 4.69) is 220 Å². The van der Waals surface area contributed by atoms with Crippen LogP contribution in [0.2, 0.25) is 0 Å². The van der Waals surface area contributed by atoms with Gasteiger partial charge >= 0.3 is 0 Å². The molecule has 7 aliphatic rings. The first-order valence-electron chi connectivity index (χ1n) is 31.6. The van der Waals surface area contributed by atoms with Crippen molar-refractivity contribution in [3.63, 3.8) is 0 Å². The average molecular weight is 1050 g/mol. The molecular weight excluding hydrogens is 973 g/mol. The van der Waals surface area contributed by atoms with Crippen molar-refractivity contribution in [2.45, 2.75) is 121 Å². The van der Waals surface area contributed by atoms with E-state index in [-0.39, 0.29) is 0 Å². The summed E-state index contributed by atoms with van der Waals surface area (Å²) in [6, 6.07) is 81.0. The second kappa shape index (κ2) is 18.4. The summed E-state index contributed by atoms with van der Waals surface area (Å²) in [4.78, 5) is 0. The highest BCUT2D eigenvalue weighted by atomic mass is 14.6. The van der Waals surface area contributed by atoms with Crippen LogP contribution in [0.25, 0.3) is 77.2 Å². The van der Waals surface area contributed by atoms with Gasteiger partial charge in [0.2, 0.25) is 0 Å². The van der Waals surface area contributed by atoms with E-state index in [0.717, 1.165) is 35.5 Å². The van der Waals surface area contributed by atoms with Crippen molar-refractivity contribution in [2.75, 3.05) is 0 Å². The Bertz CT molecular complexity index is 3920. The Labute approximate surface area is 480 Å². The first kappa shape index (κ1) is 48.4. The van der Waals surface area contributed by atoms with Gasteiger partial charge in [-0.25, -0.2) is 0 Å². The molecule has 0 aromatic heterocycles. The van der Waals surface area contributed by atoms with Crippen LogP contribution in [0.4, 0.5) is 0 Å². The third-order valence-electron chi connectivity index (χ3n) is 23.7. The maximum Gasteiger partial charge on any atom is 0.0713 e. The van der Waals surface area contributed by atoms with Crippen molar-refractivity contribution in [2.24, 2.45) is 34.5 Å². The molecule has 0 radical (unpaired) electrons. The SMILES string of the molecule is C[C@@]12CCC[C@H]1[C@@H]1CCc3cc(-c4ccc(-c5cccc(C6(c7cccc(-c8ccc(-c9ccc%10c(c9)CC[C@@H]9[C@@H]%10CC[C@]%10(C)CCC[C@@H]9%10)c9ccccc89)c7)c7ccccc7-c7ccccc76)c5)c5ccccc45)ccc3[C@H]1CC2. The van der Waals surface area contributed by atoms with Crippen LogP contribution >= 0.6 is 0 Å². The van der Waals surface area contributed by atoms with E-state index >= 15 is 0 Å². The second-order valence-electron chi connectivity index (χ2n) is 27.2. The number of benzene rings is 10. The summed E-state index contributed by atoms with van der Waals surface area (Å²) in [5.74, 6) is 5.04. The van der Waals surface area contributed by atoms with E-state index in [1.165, 1.54) is 189 Å². The minimum Gasteiger partial charge on any atom is -0.0619 e. The molecular formula is C81H74. The molecule has 4 saturated carbocycles. The normalized spacial score (nSPS) is 26.4. The van der Waals surface area contributed by atoms with Gasteiger partial charge in [0.15, 0.2) is 0 Å². The zero-order valence-electron chi connectivity index (χ0n) is 47.5. The summed E-state index contributed by atoms with van der Waals surface area (Å²) < 4.78 is 0. The summed E-state index contributed by atoms with van der Waals surface area (Å²) in [6.07, 6.45) is 19.4. The van der Waals surface area contributed by atoms with Gasteiger partial charge in [-0.3, -0.25) is 0 Å². The molecule has 0 heterocycles. The molecule has 7 aliphatic carbocycles. The van der Waals surface area contributed by atoms with E-state index in [4.69, 9.17) is 0 Å². The van der Waals surface area contributed by atoms with Crippen LogP contribution in [0.5, 0.6) is 0 Å². The largest absolute Gasteiger partial charge is 0.0713 e. The summed E-state index contributed by atoms with van der Waals surface area (Å²) in [6.45, 7) is 5.24. The Morgan fingerprint density at radius 2 is 0.716 bits per heavy atom. The van der Waals surface area contributed by atoms with Crippen molar-refractivity contribution in [3.05, 3.63) is 251 Å². The molecule has 0 amide bonds. The highest BCUT2D eigenvalue weighted by Crippen LogP contribution is 2.63. The molecule has 0 N–H and O–H groups in total. The topological polar surface area (TPSA) is 0 Å². The minimum atomic E-state index is -0.557. The lowest BCUT2D eigenvalue weighted by Gasteiger charge is -2.49. The van der Waals surface area contributed by atoms with Crippen molar-refractivity contribution < 1.29 is 0 Å². The standard InChI is InChI=1S/C81H74/c1-79-43-13-27-75(79)73-35-31-55-47-53(29-33-59(55)69(73)41-45-79)63-39-37-61(65-19-3-5-21-67(63)65)51-15-11-17-57(49-51)81(77-25-9-7-23-71(77)72-24-8-10-26-78(72)81)58-18-12-16-52(50-58)62-38-40-64(68-22-6-4-20-66(62)68)54-30-34-60-56(48-54)32-36-74-70(60)42-46-80(2)44-14-28-76(74)80/h3-12,15-26,29-30,33-34,37-40,47-50,69-70,73-76H,13-14,27-28,31-32,35-36,41-46H2,1-2H3/t69-,70-,73-,74-,75+,76+,79+,80+/m1/s1. The molecule has 398 valence electrons. The van der Waals surface area contributed by atoms with Crippen LogP contribution in [0.3, 0.4) is 0 Å². The van der Waals surface area contributed by atoms with Crippen molar-refractivity contribution in [1.82, 2.24) is 0 Å². The predicted octanol–water partition coefficient (Wildman–Crippen LogP) is 21.5. The average Bonchev–Trinajstić information content (AvgIpc) is 3.44. The van der Waals surface area contributed by atoms with Crippen LogP contribution in [0.15, 0.2) is 206 Å². The lowest BCUT2D eigenvalue weighted by molar-refractivity contribution is 0.0598. The highest BCUT2D eigenvalue weighted by Gasteiger charge is 2.52.